The van der Waals surface area contributed by atoms with E-state index in [9.17, 15) is 0 Å². The first kappa shape index (κ1) is 9.88. The standard InChI is InChI=1S/C7H16O3/c1-4-7(9-3)5-10-6(2)8/h6-8H,4-5H2,1-3H3. The van der Waals surface area contributed by atoms with Crippen molar-refractivity contribution in [2.75, 3.05) is 13.7 Å². The van der Waals surface area contributed by atoms with Crippen molar-refractivity contribution in [2.24, 2.45) is 0 Å². The van der Waals surface area contributed by atoms with Crippen LogP contribution in [-0.4, -0.2) is 31.2 Å². The zero-order chi connectivity index (χ0) is 7.98. The van der Waals surface area contributed by atoms with Crippen molar-refractivity contribution in [1.82, 2.24) is 0 Å². The van der Waals surface area contributed by atoms with Crippen molar-refractivity contribution >= 4 is 0 Å². The van der Waals surface area contributed by atoms with E-state index < -0.39 is 6.29 Å². The summed E-state index contributed by atoms with van der Waals surface area (Å²) in [6.07, 6.45) is 0.322. The van der Waals surface area contributed by atoms with Gasteiger partial charge in [0.2, 0.25) is 0 Å². The maximum atomic E-state index is 8.71. The fourth-order valence-electron chi connectivity index (χ4n) is 0.599. The van der Waals surface area contributed by atoms with Crippen molar-refractivity contribution in [1.29, 1.82) is 0 Å². The molecule has 0 saturated heterocycles. The Balaban J connectivity index is 3.26. The van der Waals surface area contributed by atoms with Gasteiger partial charge in [-0.2, -0.15) is 0 Å². The molecular formula is C7H16O3. The van der Waals surface area contributed by atoms with E-state index in [4.69, 9.17) is 14.6 Å². The molecule has 1 N–H and O–H groups in total. The van der Waals surface area contributed by atoms with E-state index >= 15 is 0 Å². The molecule has 0 heterocycles. The normalized spacial score (nSPS) is 16.8. The number of aliphatic hydroxyl groups excluding tert-OH is 1. The number of aliphatic hydroxyl groups is 1. The third-order valence-corrected chi connectivity index (χ3v) is 1.31. The van der Waals surface area contributed by atoms with Gasteiger partial charge in [0.25, 0.3) is 0 Å². The van der Waals surface area contributed by atoms with E-state index in [0.29, 0.717) is 6.61 Å². The predicted octanol–water partition coefficient (Wildman–Crippen LogP) is 0.766. The molecule has 0 rings (SSSR count). The smallest absolute Gasteiger partial charge is 0.151 e. The minimum absolute atomic E-state index is 0.106. The van der Waals surface area contributed by atoms with Gasteiger partial charge in [0.15, 0.2) is 6.29 Å². The van der Waals surface area contributed by atoms with Crippen molar-refractivity contribution in [3.63, 3.8) is 0 Å². The van der Waals surface area contributed by atoms with Gasteiger partial charge in [0.05, 0.1) is 12.7 Å². The first-order valence-corrected chi connectivity index (χ1v) is 3.53. The van der Waals surface area contributed by atoms with E-state index in [2.05, 4.69) is 0 Å². The Morgan fingerprint density at radius 1 is 1.50 bits per heavy atom. The minimum atomic E-state index is -0.691. The van der Waals surface area contributed by atoms with Crippen LogP contribution in [0.1, 0.15) is 20.3 Å². The van der Waals surface area contributed by atoms with Crippen LogP contribution in [0.15, 0.2) is 0 Å². The average Bonchev–Trinajstić information content (AvgIpc) is 1.90. The zero-order valence-electron chi connectivity index (χ0n) is 6.83. The van der Waals surface area contributed by atoms with Crippen molar-refractivity contribution in [2.45, 2.75) is 32.7 Å². The zero-order valence-corrected chi connectivity index (χ0v) is 6.83. The molecule has 0 fully saturated rings. The fourth-order valence-corrected chi connectivity index (χ4v) is 0.599. The lowest BCUT2D eigenvalue weighted by Gasteiger charge is -2.14. The quantitative estimate of drug-likeness (QED) is 0.585. The largest absolute Gasteiger partial charge is 0.379 e. The van der Waals surface area contributed by atoms with Gasteiger partial charge >= 0.3 is 0 Å². The van der Waals surface area contributed by atoms with Crippen LogP contribution in [0.3, 0.4) is 0 Å². The molecule has 0 aromatic rings. The molecule has 0 spiro atoms. The summed E-state index contributed by atoms with van der Waals surface area (Å²) in [4.78, 5) is 0. The number of hydrogen-bond donors (Lipinski definition) is 1. The van der Waals surface area contributed by atoms with Crippen LogP contribution in [0.25, 0.3) is 0 Å². The third kappa shape index (κ3) is 4.73. The Morgan fingerprint density at radius 2 is 2.10 bits per heavy atom. The highest BCUT2D eigenvalue weighted by Crippen LogP contribution is 1.97. The molecule has 62 valence electrons. The van der Waals surface area contributed by atoms with Crippen LogP contribution in [-0.2, 0) is 9.47 Å². The van der Waals surface area contributed by atoms with Crippen LogP contribution in [0.5, 0.6) is 0 Å². The Morgan fingerprint density at radius 3 is 2.40 bits per heavy atom. The van der Waals surface area contributed by atoms with Gasteiger partial charge in [0, 0.05) is 7.11 Å². The highest BCUT2D eigenvalue weighted by atomic mass is 16.6. The number of ether oxygens (including phenoxy) is 2. The molecule has 0 aliphatic heterocycles. The monoisotopic (exact) mass is 148 g/mol. The summed E-state index contributed by atoms with van der Waals surface area (Å²) in [7, 11) is 1.64. The molecule has 0 aliphatic carbocycles. The van der Waals surface area contributed by atoms with Crippen LogP contribution in [0, 0.1) is 0 Å². The molecule has 0 radical (unpaired) electrons. The molecule has 0 aliphatic rings. The van der Waals surface area contributed by atoms with Crippen LogP contribution in [0.2, 0.25) is 0 Å². The van der Waals surface area contributed by atoms with Gasteiger partial charge < -0.3 is 14.6 Å². The summed E-state index contributed by atoms with van der Waals surface area (Å²) in [6.45, 7) is 4.06. The SMILES string of the molecule is CCC(COC(C)O)OC. The molecule has 3 heteroatoms. The van der Waals surface area contributed by atoms with E-state index in [1.807, 2.05) is 6.92 Å². The lowest BCUT2D eigenvalue weighted by Crippen LogP contribution is -2.20. The molecule has 0 bridgehead atoms. The van der Waals surface area contributed by atoms with Crippen molar-refractivity contribution < 1.29 is 14.6 Å². The summed E-state index contributed by atoms with van der Waals surface area (Å²) >= 11 is 0. The summed E-state index contributed by atoms with van der Waals surface area (Å²) in [6, 6.07) is 0. The Bertz CT molecular complexity index is 69.3. The molecule has 3 nitrogen and oxygen atoms in total. The summed E-state index contributed by atoms with van der Waals surface area (Å²) < 4.78 is 9.93. The first-order valence-electron chi connectivity index (χ1n) is 3.53. The average molecular weight is 148 g/mol. The topological polar surface area (TPSA) is 38.7 Å². The second-order valence-corrected chi connectivity index (χ2v) is 2.20. The Labute approximate surface area is 62.0 Å². The first-order chi connectivity index (χ1) is 4.70. The molecule has 0 saturated carbocycles. The second-order valence-electron chi connectivity index (χ2n) is 2.20. The highest BCUT2D eigenvalue weighted by Gasteiger charge is 2.04. The molecular weight excluding hydrogens is 132 g/mol. The Kier molecular flexibility index (Phi) is 5.58. The maximum Gasteiger partial charge on any atom is 0.151 e. The van der Waals surface area contributed by atoms with Crippen LogP contribution >= 0.6 is 0 Å². The van der Waals surface area contributed by atoms with Gasteiger partial charge in [-0.05, 0) is 13.3 Å². The van der Waals surface area contributed by atoms with Gasteiger partial charge in [-0.3, -0.25) is 0 Å². The van der Waals surface area contributed by atoms with E-state index in [-0.39, 0.29) is 6.10 Å². The maximum absolute atomic E-state index is 8.71. The number of rotatable bonds is 5. The van der Waals surface area contributed by atoms with Crippen molar-refractivity contribution in [3.8, 4) is 0 Å². The molecule has 0 aromatic heterocycles. The molecule has 2 atom stereocenters. The summed E-state index contributed by atoms with van der Waals surface area (Å²) in [5.41, 5.74) is 0. The number of methoxy groups -OCH3 is 1. The highest BCUT2D eigenvalue weighted by molar-refractivity contribution is 4.50. The van der Waals surface area contributed by atoms with E-state index in [0.717, 1.165) is 6.42 Å². The minimum Gasteiger partial charge on any atom is -0.379 e. The summed E-state index contributed by atoms with van der Waals surface area (Å²) in [5.74, 6) is 0. The molecule has 0 amide bonds. The van der Waals surface area contributed by atoms with Gasteiger partial charge in [-0.15, -0.1) is 0 Å². The fraction of sp³-hybridized carbons (Fsp3) is 1.00. The van der Waals surface area contributed by atoms with Crippen molar-refractivity contribution in [3.05, 3.63) is 0 Å². The number of hydrogen-bond acceptors (Lipinski definition) is 3. The summed E-state index contributed by atoms with van der Waals surface area (Å²) in [5, 5.41) is 8.71. The third-order valence-electron chi connectivity index (χ3n) is 1.31. The van der Waals surface area contributed by atoms with Crippen LogP contribution < -0.4 is 0 Å². The van der Waals surface area contributed by atoms with E-state index in [1.165, 1.54) is 0 Å². The molecule has 0 aromatic carbocycles. The lowest BCUT2D eigenvalue weighted by atomic mass is 10.3. The predicted molar refractivity (Wildman–Crippen MR) is 38.7 cm³/mol. The van der Waals surface area contributed by atoms with Crippen LogP contribution in [0.4, 0.5) is 0 Å². The Hall–Kier alpha value is -0.120. The lowest BCUT2D eigenvalue weighted by molar-refractivity contribution is -0.115. The van der Waals surface area contributed by atoms with E-state index in [1.54, 1.807) is 14.0 Å². The molecule has 2 unspecified atom stereocenters. The van der Waals surface area contributed by atoms with Gasteiger partial charge in [0.1, 0.15) is 0 Å². The van der Waals surface area contributed by atoms with Gasteiger partial charge in [-0.25, -0.2) is 0 Å². The second kappa shape index (κ2) is 5.65. The van der Waals surface area contributed by atoms with Gasteiger partial charge in [-0.1, -0.05) is 6.92 Å². The molecule has 10 heavy (non-hydrogen) atoms.